The highest BCUT2D eigenvalue weighted by Crippen LogP contribution is 2.21. The molecule has 1 amide bonds. The summed E-state index contributed by atoms with van der Waals surface area (Å²) in [5.74, 6) is 1.01. The van der Waals surface area contributed by atoms with Crippen LogP contribution in [0, 0.1) is 5.41 Å². The zero-order valence-electron chi connectivity index (χ0n) is 20.9. The van der Waals surface area contributed by atoms with E-state index in [0.717, 1.165) is 0 Å². The van der Waals surface area contributed by atoms with E-state index in [1.54, 1.807) is 68.6 Å². The minimum atomic E-state index is -0.750. The van der Waals surface area contributed by atoms with Crippen LogP contribution in [0.3, 0.4) is 0 Å². The number of nitrogens with two attached hydrogens (primary N) is 1. The Bertz CT molecular complexity index is 1420. The number of imidazole rings is 1. The van der Waals surface area contributed by atoms with Crippen molar-refractivity contribution in [3.05, 3.63) is 72.2 Å². The number of amidine groups is 1. The minimum absolute atomic E-state index is 0.0204. The number of fused-ring (bicyclic) bond motifs is 1. The fourth-order valence-corrected chi connectivity index (χ4v) is 3.62. The third-order valence-corrected chi connectivity index (χ3v) is 5.40. The van der Waals surface area contributed by atoms with E-state index in [1.807, 2.05) is 0 Å². The molecule has 3 aromatic heterocycles. The molecule has 1 atom stereocenters. The van der Waals surface area contributed by atoms with E-state index in [-0.39, 0.29) is 31.4 Å². The van der Waals surface area contributed by atoms with Gasteiger partial charge in [-0.1, -0.05) is 6.07 Å². The molecular formula is C26H27N7O5. The second-order valence-electron chi connectivity index (χ2n) is 8.21. The lowest BCUT2D eigenvalue weighted by Crippen LogP contribution is -2.42. The van der Waals surface area contributed by atoms with Gasteiger partial charge in [-0.25, -0.2) is 14.8 Å². The Morgan fingerprint density at radius 1 is 1.11 bits per heavy atom. The Morgan fingerprint density at radius 2 is 1.89 bits per heavy atom. The van der Waals surface area contributed by atoms with Gasteiger partial charge < -0.3 is 24.9 Å². The van der Waals surface area contributed by atoms with Crippen LogP contribution < -0.4 is 20.1 Å². The molecule has 4 N–H and O–H groups in total. The first-order chi connectivity index (χ1) is 18.3. The number of aromatic nitrogens is 4. The Labute approximate surface area is 218 Å². The van der Waals surface area contributed by atoms with Crippen LogP contribution in [-0.2, 0) is 16.1 Å². The largest absolute Gasteiger partial charge is 0.486 e. The number of aromatic amines is 1. The number of esters is 1. The summed E-state index contributed by atoms with van der Waals surface area (Å²) in [4.78, 5) is 42.6. The van der Waals surface area contributed by atoms with Crippen molar-refractivity contribution in [1.29, 1.82) is 5.41 Å². The Kier molecular flexibility index (Phi) is 8.11. The molecule has 0 fully saturated rings. The van der Waals surface area contributed by atoms with Gasteiger partial charge in [-0.05, 0) is 56.3 Å². The van der Waals surface area contributed by atoms with E-state index in [0.29, 0.717) is 34.1 Å². The van der Waals surface area contributed by atoms with Crippen molar-refractivity contribution >= 4 is 34.9 Å². The minimum Gasteiger partial charge on any atom is -0.486 e. The van der Waals surface area contributed by atoms with Crippen LogP contribution in [-0.4, -0.2) is 50.5 Å². The van der Waals surface area contributed by atoms with Gasteiger partial charge >= 0.3 is 12.1 Å². The summed E-state index contributed by atoms with van der Waals surface area (Å²) >= 11 is 0. The molecule has 1 aromatic carbocycles. The molecule has 0 bridgehead atoms. The number of nitrogen functional groups attached to an aromatic ring is 1. The average Bonchev–Trinajstić information content (AvgIpc) is 3.31. The molecule has 12 heteroatoms. The van der Waals surface area contributed by atoms with Crippen LogP contribution in [0.5, 0.6) is 11.6 Å². The van der Waals surface area contributed by atoms with Crippen LogP contribution in [0.2, 0.25) is 0 Å². The summed E-state index contributed by atoms with van der Waals surface area (Å²) < 4.78 is 16.3. The summed E-state index contributed by atoms with van der Waals surface area (Å²) in [6.45, 7) is 3.81. The zero-order chi connectivity index (χ0) is 27.1. The Morgan fingerprint density at radius 3 is 2.58 bits per heavy atom. The summed E-state index contributed by atoms with van der Waals surface area (Å²) in [5, 5.41) is 7.45. The molecule has 0 aliphatic rings. The van der Waals surface area contributed by atoms with Crippen LogP contribution in [0.25, 0.3) is 11.2 Å². The highest BCUT2D eigenvalue weighted by Gasteiger charge is 2.28. The summed E-state index contributed by atoms with van der Waals surface area (Å²) in [5.41, 5.74) is 7.04. The number of H-pyrrole nitrogens is 1. The highest BCUT2D eigenvalue weighted by molar-refractivity contribution is 5.95. The predicted molar refractivity (Wildman–Crippen MR) is 139 cm³/mol. The molecular weight excluding hydrogens is 490 g/mol. The number of ether oxygens (including phenoxy) is 3. The predicted octanol–water partition coefficient (Wildman–Crippen LogP) is 3.56. The molecule has 0 radical (unpaired) electrons. The number of nitrogens with one attached hydrogen (secondary N) is 2. The number of carbonyl (C=O) groups excluding carboxylic acids is 2. The van der Waals surface area contributed by atoms with Crippen molar-refractivity contribution in [1.82, 2.24) is 19.9 Å². The lowest BCUT2D eigenvalue weighted by Gasteiger charge is -2.26. The number of hydrogen-bond donors (Lipinski definition) is 3. The number of hydrogen-bond acceptors (Lipinski definition) is 9. The van der Waals surface area contributed by atoms with E-state index in [4.69, 9.17) is 25.4 Å². The maximum Gasteiger partial charge on any atom is 0.422 e. The van der Waals surface area contributed by atoms with Gasteiger partial charge in [0.1, 0.15) is 29.8 Å². The van der Waals surface area contributed by atoms with Gasteiger partial charge in [0.25, 0.3) is 0 Å². The van der Waals surface area contributed by atoms with E-state index in [1.165, 1.54) is 11.0 Å². The second kappa shape index (κ2) is 11.8. The lowest BCUT2D eigenvalue weighted by atomic mass is 10.2. The van der Waals surface area contributed by atoms with Crippen molar-refractivity contribution in [3.63, 3.8) is 0 Å². The van der Waals surface area contributed by atoms with Crippen LogP contribution >= 0.6 is 0 Å². The maximum atomic E-state index is 13.2. The van der Waals surface area contributed by atoms with Crippen LogP contribution in [0.15, 0.2) is 60.8 Å². The quantitative estimate of drug-likeness (QED) is 0.162. The third-order valence-electron chi connectivity index (χ3n) is 5.40. The number of benzene rings is 1. The molecule has 0 spiro atoms. The van der Waals surface area contributed by atoms with Crippen molar-refractivity contribution in [2.24, 2.45) is 5.73 Å². The molecule has 196 valence electrons. The maximum absolute atomic E-state index is 13.2. The molecule has 1 unspecified atom stereocenters. The first kappa shape index (κ1) is 26.1. The molecule has 3 heterocycles. The fraction of sp³-hybridized carbons (Fsp3) is 0.231. The van der Waals surface area contributed by atoms with Gasteiger partial charge in [0.05, 0.1) is 18.5 Å². The fourth-order valence-electron chi connectivity index (χ4n) is 3.62. The van der Waals surface area contributed by atoms with Crippen LogP contribution in [0.4, 0.5) is 10.6 Å². The molecule has 38 heavy (non-hydrogen) atoms. The number of pyridine rings is 2. The molecule has 12 nitrogen and oxygen atoms in total. The van der Waals surface area contributed by atoms with Crippen LogP contribution in [0.1, 0.15) is 31.7 Å². The number of carbonyl (C=O) groups is 2. The van der Waals surface area contributed by atoms with E-state index in [2.05, 4.69) is 19.9 Å². The number of nitrogens with zero attached hydrogens (tertiary/aromatic N) is 4. The van der Waals surface area contributed by atoms with E-state index >= 15 is 0 Å². The second-order valence-corrected chi connectivity index (χ2v) is 8.21. The smallest absolute Gasteiger partial charge is 0.422 e. The van der Waals surface area contributed by atoms with E-state index < -0.39 is 18.1 Å². The van der Waals surface area contributed by atoms with Gasteiger partial charge in [-0.15, -0.1) is 0 Å². The van der Waals surface area contributed by atoms with Crippen molar-refractivity contribution in [2.75, 3.05) is 11.5 Å². The molecule has 0 aliphatic carbocycles. The summed E-state index contributed by atoms with van der Waals surface area (Å²) in [6, 6.07) is 14.6. The first-order valence-corrected chi connectivity index (χ1v) is 11.8. The number of amides is 1. The third kappa shape index (κ3) is 6.40. The molecule has 4 rings (SSSR count). The standard InChI is InChI=1S/C26H27N7O5/c1-3-36-23(34)14-16(2)33(21-6-4-5-13-29-21)26(35)38-22-12-11-19-25(32-22)31-20(30-19)15-37-18-9-7-17(8-10-18)24(27)28/h4-13,16H,3,14-15H2,1-2H3,(H3,27,28)(H,30,31,32). The summed E-state index contributed by atoms with van der Waals surface area (Å²) in [6.07, 6.45) is 0.759. The highest BCUT2D eigenvalue weighted by atomic mass is 16.6. The lowest BCUT2D eigenvalue weighted by molar-refractivity contribution is -0.143. The molecule has 0 aliphatic heterocycles. The van der Waals surface area contributed by atoms with Gasteiger partial charge in [-0.2, -0.15) is 4.98 Å². The monoisotopic (exact) mass is 517 g/mol. The van der Waals surface area contributed by atoms with E-state index in [9.17, 15) is 9.59 Å². The normalized spacial score (nSPS) is 11.5. The zero-order valence-corrected chi connectivity index (χ0v) is 20.9. The summed E-state index contributed by atoms with van der Waals surface area (Å²) in [7, 11) is 0. The van der Waals surface area contributed by atoms with Gasteiger partial charge in [0.2, 0.25) is 5.88 Å². The van der Waals surface area contributed by atoms with Crippen molar-refractivity contribution in [3.8, 4) is 11.6 Å². The topological polar surface area (TPSA) is 169 Å². The molecule has 0 saturated heterocycles. The van der Waals surface area contributed by atoms with Crippen molar-refractivity contribution in [2.45, 2.75) is 32.9 Å². The number of anilines is 1. The van der Waals surface area contributed by atoms with Gasteiger partial charge in [0, 0.05) is 23.9 Å². The van der Waals surface area contributed by atoms with Crippen molar-refractivity contribution < 1.29 is 23.8 Å². The van der Waals surface area contributed by atoms with Gasteiger partial charge in [0.15, 0.2) is 5.65 Å². The number of rotatable bonds is 10. The Hall–Kier alpha value is -5.00. The Balaban J connectivity index is 1.46. The van der Waals surface area contributed by atoms with Gasteiger partial charge in [-0.3, -0.25) is 15.1 Å². The molecule has 4 aromatic rings. The average molecular weight is 518 g/mol. The SMILES string of the molecule is CCOC(=O)CC(C)N(C(=O)Oc1ccc2[nH]c(COc3ccc(C(=N)N)cc3)nc2n1)c1ccccn1. The first-order valence-electron chi connectivity index (χ1n) is 11.8. The molecule has 0 saturated carbocycles.